The fourth-order valence-electron chi connectivity index (χ4n) is 2.18. The summed E-state index contributed by atoms with van der Waals surface area (Å²) in [6.07, 6.45) is -0.747. The molecule has 6 nitrogen and oxygen atoms in total. The summed E-state index contributed by atoms with van der Waals surface area (Å²) in [5, 5.41) is 12.2. The Labute approximate surface area is 131 Å². The summed E-state index contributed by atoms with van der Waals surface area (Å²) in [5.74, 6) is -1.59. The van der Waals surface area contributed by atoms with E-state index in [0.29, 0.717) is 11.0 Å². The number of anilines is 1. The van der Waals surface area contributed by atoms with Crippen molar-refractivity contribution in [2.24, 2.45) is 0 Å². The molecule has 0 radical (unpaired) electrons. The van der Waals surface area contributed by atoms with E-state index in [1.54, 1.807) is 24.3 Å². The molecule has 0 fully saturated rings. The van der Waals surface area contributed by atoms with Crippen LogP contribution in [0.1, 0.15) is 16.1 Å². The van der Waals surface area contributed by atoms with Crippen molar-refractivity contribution in [2.75, 3.05) is 5.32 Å². The van der Waals surface area contributed by atoms with Crippen LogP contribution in [-0.2, 0) is 11.3 Å². The number of ether oxygens (including phenoxy) is 1. The quantitative estimate of drug-likeness (QED) is 0.763. The number of aromatic carboxylic acids is 1. The number of hydrogen-bond acceptors (Lipinski definition) is 4. The number of carbonyl (C=O) groups excluding carboxylic acids is 1. The highest BCUT2D eigenvalue weighted by atomic mass is 16.5. The van der Waals surface area contributed by atoms with Crippen molar-refractivity contribution < 1.29 is 23.8 Å². The second kappa shape index (κ2) is 6.23. The van der Waals surface area contributed by atoms with Gasteiger partial charge in [-0.15, -0.1) is 0 Å². The van der Waals surface area contributed by atoms with Crippen molar-refractivity contribution in [3.05, 3.63) is 65.9 Å². The summed E-state index contributed by atoms with van der Waals surface area (Å²) in [4.78, 5) is 23.2. The monoisotopic (exact) mass is 311 g/mol. The Balaban J connectivity index is 1.79. The van der Waals surface area contributed by atoms with Gasteiger partial charge in [0.15, 0.2) is 0 Å². The number of carbonyl (C=O) groups is 2. The molecule has 0 aliphatic rings. The van der Waals surface area contributed by atoms with Crippen LogP contribution in [0.2, 0.25) is 0 Å². The van der Waals surface area contributed by atoms with Gasteiger partial charge in [-0.3, -0.25) is 5.32 Å². The molecule has 2 N–H and O–H groups in total. The molecule has 0 spiro atoms. The summed E-state index contributed by atoms with van der Waals surface area (Å²) in [6.45, 7) is 0.0882. The molecule has 116 valence electrons. The lowest BCUT2D eigenvalue weighted by atomic mass is 10.2. The maximum Gasteiger partial charge on any atom is 0.412 e. The summed E-state index contributed by atoms with van der Waals surface area (Å²) < 4.78 is 10.4. The van der Waals surface area contributed by atoms with Crippen molar-refractivity contribution in [3.63, 3.8) is 0 Å². The van der Waals surface area contributed by atoms with E-state index in [0.717, 1.165) is 5.56 Å². The Morgan fingerprint density at radius 2 is 1.74 bits per heavy atom. The number of carboxylic acids is 1. The maximum atomic E-state index is 11.9. The molecular weight excluding hydrogens is 298 g/mol. The number of carboxylic acid groups (broad SMARTS) is 1. The molecule has 2 aromatic carbocycles. The normalized spacial score (nSPS) is 10.4. The first-order chi connectivity index (χ1) is 11.1. The molecular formula is C17H13NO5. The van der Waals surface area contributed by atoms with E-state index in [9.17, 15) is 14.7 Å². The maximum absolute atomic E-state index is 11.9. The average Bonchev–Trinajstić information content (AvgIpc) is 2.93. The molecule has 0 aliphatic carbocycles. The minimum Gasteiger partial charge on any atom is -0.475 e. The number of fused-ring (bicyclic) bond motifs is 1. The third-order valence-electron chi connectivity index (χ3n) is 3.23. The highest BCUT2D eigenvalue weighted by Crippen LogP contribution is 2.30. The van der Waals surface area contributed by atoms with Crippen molar-refractivity contribution >= 4 is 28.7 Å². The number of rotatable bonds is 4. The predicted octanol–water partition coefficient (Wildman–Crippen LogP) is 3.88. The van der Waals surface area contributed by atoms with Gasteiger partial charge in [0, 0.05) is 5.39 Å². The Bertz CT molecular complexity index is 854. The average molecular weight is 311 g/mol. The highest BCUT2D eigenvalue weighted by Gasteiger charge is 2.21. The lowest BCUT2D eigenvalue weighted by Crippen LogP contribution is -2.15. The van der Waals surface area contributed by atoms with Gasteiger partial charge >= 0.3 is 12.1 Å². The van der Waals surface area contributed by atoms with E-state index < -0.39 is 12.1 Å². The molecule has 1 amide bonds. The molecule has 1 aromatic heterocycles. The SMILES string of the molecule is O=C(Nc1c(C(=O)O)oc2ccccc12)OCc1ccccc1. The van der Waals surface area contributed by atoms with Crippen LogP contribution >= 0.6 is 0 Å². The number of benzene rings is 2. The molecule has 23 heavy (non-hydrogen) atoms. The summed E-state index contributed by atoms with van der Waals surface area (Å²) in [6, 6.07) is 15.9. The van der Waals surface area contributed by atoms with Gasteiger partial charge in [-0.05, 0) is 17.7 Å². The molecule has 0 aliphatic heterocycles. The predicted molar refractivity (Wildman–Crippen MR) is 83.4 cm³/mol. The third kappa shape index (κ3) is 3.16. The molecule has 6 heteroatoms. The summed E-state index contributed by atoms with van der Waals surface area (Å²) in [5.41, 5.74) is 1.30. The van der Waals surface area contributed by atoms with Gasteiger partial charge in [0.2, 0.25) is 5.76 Å². The molecule has 3 aromatic rings. The Hall–Kier alpha value is -3.28. The van der Waals surface area contributed by atoms with Gasteiger partial charge in [-0.1, -0.05) is 42.5 Å². The third-order valence-corrected chi connectivity index (χ3v) is 3.23. The second-order valence-corrected chi connectivity index (χ2v) is 4.79. The first-order valence-electron chi connectivity index (χ1n) is 6.87. The minimum absolute atomic E-state index is 0.0882. The van der Waals surface area contributed by atoms with E-state index >= 15 is 0 Å². The van der Waals surface area contributed by atoms with Gasteiger partial charge < -0.3 is 14.3 Å². The van der Waals surface area contributed by atoms with Crippen molar-refractivity contribution in [1.82, 2.24) is 0 Å². The second-order valence-electron chi connectivity index (χ2n) is 4.79. The van der Waals surface area contributed by atoms with Gasteiger partial charge in [0.05, 0.1) is 0 Å². The first kappa shape index (κ1) is 14.6. The molecule has 0 saturated carbocycles. The van der Waals surface area contributed by atoms with Crippen LogP contribution in [-0.4, -0.2) is 17.2 Å². The molecule has 0 atom stereocenters. The number of nitrogens with one attached hydrogen (secondary N) is 1. The van der Waals surface area contributed by atoms with Crippen molar-refractivity contribution in [2.45, 2.75) is 6.61 Å². The molecule has 0 saturated heterocycles. The standard InChI is InChI=1S/C17H13NO5/c19-16(20)15-14(12-8-4-5-9-13(12)23-15)18-17(21)22-10-11-6-2-1-3-7-11/h1-9H,10H2,(H,18,21)(H,19,20). The van der Waals surface area contributed by atoms with Crippen LogP contribution in [0.3, 0.4) is 0 Å². The lowest BCUT2D eigenvalue weighted by Gasteiger charge is -2.06. The Morgan fingerprint density at radius 3 is 2.48 bits per heavy atom. The van der Waals surface area contributed by atoms with E-state index in [2.05, 4.69) is 5.32 Å². The fourth-order valence-corrected chi connectivity index (χ4v) is 2.18. The topological polar surface area (TPSA) is 88.8 Å². The van der Waals surface area contributed by atoms with Crippen LogP contribution in [0.4, 0.5) is 10.5 Å². The number of hydrogen-bond donors (Lipinski definition) is 2. The van der Waals surface area contributed by atoms with Gasteiger partial charge in [0.1, 0.15) is 17.9 Å². The Morgan fingerprint density at radius 1 is 1.04 bits per heavy atom. The van der Waals surface area contributed by atoms with Crippen LogP contribution in [0.5, 0.6) is 0 Å². The highest BCUT2D eigenvalue weighted by molar-refractivity contribution is 6.07. The minimum atomic E-state index is -1.26. The fraction of sp³-hybridized carbons (Fsp3) is 0.0588. The summed E-state index contributed by atoms with van der Waals surface area (Å²) in [7, 11) is 0. The molecule has 1 heterocycles. The largest absolute Gasteiger partial charge is 0.475 e. The van der Waals surface area contributed by atoms with Gasteiger partial charge in [0.25, 0.3) is 0 Å². The van der Waals surface area contributed by atoms with Crippen LogP contribution in [0.15, 0.2) is 59.0 Å². The smallest absolute Gasteiger partial charge is 0.412 e. The van der Waals surface area contributed by atoms with Gasteiger partial charge in [-0.25, -0.2) is 9.59 Å². The lowest BCUT2D eigenvalue weighted by molar-refractivity contribution is 0.0666. The molecule has 0 unspecified atom stereocenters. The van der Waals surface area contributed by atoms with Crippen LogP contribution in [0.25, 0.3) is 11.0 Å². The van der Waals surface area contributed by atoms with Crippen molar-refractivity contribution in [1.29, 1.82) is 0 Å². The summed E-state index contributed by atoms with van der Waals surface area (Å²) >= 11 is 0. The van der Waals surface area contributed by atoms with E-state index in [-0.39, 0.29) is 18.1 Å². The Kier molecular flexibility index (Phi) is 3.97. The number of amides is 1. The zero-order valence-electron chi connectivity index (χ0n) is 12.0. The molecule has 3 rings (SSSR count). The number of para-hydroxylation sites is 1. The number of furan rings is 1. The zero-order valence-corrected chi connectivity index (χ0v) is 12.0. The van der Waals surface area contributed by atoms with E-state index in [1.807, 2.05) is 30.3 Å². The van der Waals surface area contributed by atoms with Crippen molar-refractivity contribution in [3.8, 4) is 0 Å². The van der Waals surface area contributed by atoms with Gasteiger partial charge in [-0.2, -0.15) is 0 Å². The molecule has 0 bridgehead atoms. The van der Waals surface area contributed by atoms with Crippen LogP contribution < -0.4 is 5.32 Å². The zero-order chi connectivity index (χ0) is 16.2. The van der Waals surface area contributed by atoms with Crippen LogP contribution in [0, 0.1) is 0 Å². The van der Waals surface area contributed by atoms with E-state index in [1.165, 1.54) is 0 Å². The first-order valence-corrected chi connectivity index (χ1v) is 6.87. The van der Waals surface area contributed by atoms with E-state index in [4.69, 9.17) is 9.15 Å².